The number of rotatable bonds is 2. The average Bonchev–Trinajstić information content (AvgIpc) is 2.99. The number of H-pyrrole nitrogens is 1. The molecule has 0 bridgehead atoms. The minimum atomic E-state index is -1.04. The zero-order valence-corrected chi connectivity index (χ0v) is 11.9. The monoisotopic (exact) mass is 284 g/mol. The van der Waals surface area contributed by atoms with Crippen LogP contribution in [0.4, 0.5) is 0 Å². The first-order valence-electron chi connectivity index (χ1n) is 6.77. The van der Waals surface area contributed by atoms with Gasteiger partial charge in [0.15, 0.2) is 0 Å². The number of amides is 1. The molecule has 1 aromatic carbocycles. The Kier molecular flexibility index (Phi) is 3.05. The number of carbonyl (C=O) groups is 2. The molecule has 1 aliphatic heterocycles. The van der Waals surface area contributed by atoms with Gasteiger partial charge in [-0.15, -0.1) is 0 Å². The second-order valence-corrected chi connectivity index (χ2v) is 5.36. The third-order valence-electron chi connectivity index (χ3n) is 3.99. The van der Waals surface area contributed by atoms with Gasteiger partial charge in [0.05, 0.1) is 5.56 Å². The smallest absolute Gasteiger partial charge is 0.352 e. The van der Waals surface area contributed by atoms with Crippen LogP contribution < -0.4 is 0 Å². The van der Waals surface area contributed by atoms with Crippen LogP contribution in [0, 0.1) is 13.8 Å². The number of aromatic carboxylic acids is 1. The number of fused-ring (bicyclic) bond motifs is 1. The van der Waals surface area contributed by atoms with E-state index in [4.69, 9.17) is 5.11 Å². The van der Waals surface area contributed by atoms with Crippen molar-refractivity contribution in [3.63, 3.8) is 0 Å². The Balaban J connectivity index is 1.93. The van der Waals surface area contributed by atoms with Crippen LogP contribution in [0.15, 0.2) is 24.3 Å². The van der Waals surface area contributed by atoms with Crippen LogP contribution in [0.25, 0.3) is 0 Å². The standard InChI is InChI=1S/C16H16N2O3/c1-9-13(10(2)17-14(9)16(20)21)15(19)18-7-11-5-3-4-6-12(11)8-18/h3-6,17H,7-8H2,1-2H3,(H,20,21). The number of hydrogen-bond acceptors (Lipinski definition) is 2. The van der Waals surface area contributed by atoms with Gasteiger partial charge in [0.25, 0.3) is 5.91 Å². The fraction of sp³-hybridized carbons (Fsp3) is 0.250. The molecule has 0 fully saturated rings. The van der Waals surface area contributed by atoms with Crippen molar-refractivity contribution in [1.29, 1.82) is 0 Å². The quantitative estimate of drug-likeness (QED) is 0.889. The van der Waals surface area contributed by atoms with E-state index in [-0.39, 0.29) is 11.6 Å². The van der Waals surface area contributed by atoms with E-state index in [2.05, 4.69) is 4.98 Å². The Morgan fingerprint density at radius 3 is 2.19 bits per heavy atom. The molecule has 1 aliphatic rings. The van der Waals surface area contributed by atoms with E-state index in [1.165, 1.54) is 0 Å². The fourth-order valence-electron chi connectivity index (χ4n) is 2.92. The highest BCUT2D eigenvalue weighted by atomic mass is 16.4. The van der Waals surface area contributed by atoms with Gasteiger partial charge in [0, 0.05) is 18.8 Å². The molecular formula is C16H16N2O3. The Labute approximate surface area is 122 Å². The van der Waals surface area contributed by atoms with Gasteiger partial charge < -0.3 is 15.0 Å². The number of carboxylic acids is 1. The highest BCUT2D eigenvalue weighted by molar-refractivity contribution is 6.01. The van der Waals surface area contributed by atoms with Crippen molar-refractivity contribution in [1.82, 2.24) is 9.88 Å². The molecule has 0 saturated carbocycles. The second kappa shape index (κ2) is 4.77. The van der Waals surface area contributed by atoms with Crippen LogP contribution in [0.1, 0.15) is 43.2 Å². The van der Waals surface area contributed by atoms with Gasteiger partial charge in [-0.25, -0.2) is 4.79 Å². The Bertz CT molecular complexity index is 721. The summed E-state index contributed by atoms with van der Waals surface area (Å²) in [6.45, 7) is 4.54. The predicted molar refractivity (Wildman–Crippen MR) is 77.2 cm³/mol. The van der Waals surface area contributed by atoms with Crippen LogP contribution in [0.2, 0.25) is 0 Å². The fourth-order valence-corrected chi connectivity index (χ4v) is 2.92. The summed E-state index contributed by atoms with van der Waals surface area (Å²) < 4.78 is 0. The first-order valence-corrected chi connectivity index (χ1v) is 6.77. The molecular weight excluding hydrogens is 268 g/mol. The first-order chi connectivity index (χ1) is 9.99. The van der Waals surface area contributed by atoms with Crippen molar-refractivity contribution >= 4 is 11.9 Å². The topological polar surface area (TPSA) is 73.4 Å². The number of aromatic nitrogens is 1. The maximum Gasteiger partial charge on any atom is 0.352 e. The number of aryl methyl sites for hydroxylation is 1. The van der Waals surface area contributed by atoms with E-state index in [0.29, 0.717) is 29.9 Å². The SMILES string of the molecule is Cc1[nH]c(C(=O)O)c(C)c1C(=O)N1Cc2ccccc2C1. The zero-order chi connectivity index (χ0) is 15.1. The number of hydrogen-bond donors (Lipinski definition) is 2. The van der Waals surface area contributed by atoms with Crippen LogP contribution in [0.5, 0.6) is 0 Å². The molecule has 0 aliphatic carbocycles. The van der Waals surface area contributed by atoms with Gasteiger partial charge in [0.2, 0.25) is 0 Å². The largest absolute Gasteiger partial charge is 0.477 e. The van der Waals surface area contributed by atoms with E-state index < -0.39 is 5.97 Å². The molecule has 108 valence electrons. The van der Waals surface area contributed by atoms with Crippen molar-refractivity contribution < 1.29 is 14.7 Å². The lowest BCUT2D eigenvalue weighted by molar-refractivity contribution is 0.0690. The molecule has 0 atom stereocenters. The molecule has 0 radical (unpaired) electrons. The number of carboxylic acid groups (broad SMARTS) is 1. The molecule has 2 aromatic rings. The van der Waals surface area contributed by atoms with Crippen molar-refractivity contribution in [2.45, 2.75) is 26.9 Å². The number of nitrogens with zero attached hydrogens (tertiary/aromatic N) is 1. The molecule has 0 spiro atoms. The lowest BCUT2D eigenvalue weighted by Crippen LogP contribution is -2.26. The van der Waals surface area contributed by atoms with Crippen molar-refractivity contribution in [2.75, 3.05) is 0 Å². The molecule has 1 amide bonds. The lowest BCUT2D eigenvalue weighted by atomic mass is 10.1. The highest BCUT2D eigenvalue weighted by Crippen LogP contribution is 2.27. The lowest BCUT2D eigenvalue weighted by Gasteiger charge is -2.16. The molecule has 2 N–H and O–H groups in total. The van der Waals surface area contributed by atoms with Gasteiger partial charge in [-0.1, -0.05) is 24.3 Å². The Hall–Kier alpha value is -2.56. The maximum atomic E-state index is 12.7. The van der Waals surface area contributed by atoms with E-state index in [9.17, 15) is 9.59 Å². The van der Waals surface area contributed by atoms with Crippen molar-refractivity contribution in [2.24, 2.45) is 0 Å². The third kappa shape index (κ3) is 2.11. The summed E-state index contributed by atoms with van der Waals surface area (Å²) in [5, 5.41) is 9.14. The summed E-state index contributed by atoms with van der Waals surface area (Å²) in [6, 6.07) is 7.95. The van der Waals surface area contributed by atoms with E-state index in [1.807, 2.05) is 24.3 Å². The Morgan fingerprint density at radius 1 is 1.14 bits per heavy atom. The van der Waals surface area contributed by atoms with Crippen LogP contribution in [-0.2, 0) is 13.1 Å². The predicted octanol–water partition coefficient (Wildman–Crippen LogP) is 2.49. The summed E-state index contributed by atoms with van der Waals surface area (Å²) in [6.07, 6.45) is 0. The number of carbonyl (C=O) groups excluding carboxylic acids is 1. The summed E-state index contributed by atoms with van der Waals surface area (Å²) >= 11 is 0. The van der Waals surface area contributed by atoms with Crippen molar-refractivity contribution in [3.8, 4) is 0 Å². The highest BCUT2D eigenvalue weighted by Gasteiger charge is 2.28. The molecule has 0 unspecified atom stereocenters. The normalized spacial score (nSPS) is 13.3. The Morgan fingerprint density at radius 2 is 1.71 bits per heavy atom. The molecule has 3 rings (SSSR count). The van der Waals surface area contributed by atoms with Gasteiger partial charge in [0.1, 0.15) is 5.69 Å². The second-order valence-electron chi connectivity index (χ2n) is 5.36. The molecule has 5 nitrogen and oxygen atoms in total. The molecule has 21 heavy (non-hydrogen) atoms. The van der Waals surface area contributed by atoms with E-state index in [1.54, 1.807) is 18.7 Å². The number of nitrogens with one attached hydrogen (secondary N) is 1. The van der Waals surface area contributed by atoms with E-state index >= 15 is 0 Å². The van der Waals surface area contributed by atoms with Gasteiger partial charge >= 0.3 is 5.97 Å². The molecule has 1 aromatic heterocycles. The third-order valence-corrected chi connectivity index (χ3v) is 3.99. The van der Waals surface area contributed by atoms with Gasteiger partial charge in [-0.3, -0.25) is 4.79 Å². The molecule has 5 heteroatoms. The molecule has 2 heterocycles. The van der Waals surface area contributed by atoms with Crippen LogP contribution in [-0.4, -0.2) is 26.9 Å². The summed E-state index contributed by atoms with van der Waals surface area (Å²) in [7, 11) is 0. The zero-order valence-electron chi connectivity index (χ0n) is 11.9. The van der Waals surface area contributed by atoms with Crippen molar-refractivity contribution in [3.05, 3.63) is 57.9 Å². The first kappa shape index (κ1) is 13.4. The van der Waals surface area contributed by atoms with E-state index in [0.717, 1.165) is 11.1 Å². The van der Waals surface area contributed by atoms with Gasteiger partial charge in [-0.2, -0.15) is 0 Å². The van der Waals surface area contributed by atoms with Crippen LogP contribution >= 0.6 is 0 Å². The maximum absolute atomic E-state index is 12.7. The minimum Gasteiger partial charge on any atom is -0.477 e. The number of benzene rings is 1. The molecule has 0 saturated heterocycles. The van der Waals surface area contributed by atoms with Gasteiger partial charge in [-0.05, 0) is 30.5 Å². The number of aromatic amines is 1. The minimum absolute atomic E-state index is 0.0903. The summed E-state index contributed by atoms with van der Waals surface area (Å²) in [5.41, 5.74) is 3.96. The van der Waals surface area contributed by atoms with Crippen LogP contribution in [0.3, 0.4) is 0 Å². The summed E-state index contributed by atoms with van der Waals surface area (Å²) in [5.74, 6) is -1.16. The summed E-state index contributed by atoms with van der Waals surface area (Å²) in [4.78, 5) is 28.4. The average molecular weight is 284 g/mol.